The smallest absolute Gasteiger partial charge is 0.314 e. The maximum atomic E-state index is 11.0. The van der Waals surface area contributed by atoms with Gasteiger partial charge >= 0.3 is 5.69 Å². The fraction of sp³-hybridized carbons (Fsp3) is 0.467. The number of piperazine rings is 1. The van der Waals surface area contributed by atoms with Gasteiger partial charge in [0.15, 0.2) is 5.75 Å². The van der Waals surface area contributed by atoms with E-state index in [1.54, 1.807) is 0 Å². The Balaban J connectivity index is 2.37. The Bertz CT molecular complexity index is 556. The average molecular weight is 307 g/mol. The summed E-state index contributed by atoms with van der Waals surface area (Å²) in [5, 5.41) is 33.7. The topological polar surface area (TPSA) is 98.9 Å². The van der Waals surface area contributed by atoms with E-state index in [-0.39, 0.29) is 6.04 Å². The Morgan fingerprint density at radius 3 is 2.68 bits per heavy atom. The minimum atomic E-state index is -0.684. The van der Waals surface area contributed by atoms with E-state index < -0.39 is 22.1 Å². The molecule has 0 aliphatic carbocycles. The lowest BCUT2D eigenvalue weighted by atomic mass is 9.98. The Labute approximate surface area is 129 Å². The van der Waals surface area contributed by atoms with E-state index in [1.807, 2.05) is 6.08 Å². The van der Waals surface area contributed by atoms with E-state index in [1.165, 1.54) is 12.1 Å². The number of allylic oxidation sites excluding steroid dienone is 1. The number of nitrogens with zero attached hydrogens (tertiary/aromatic N) is 2. The molecule has 7 heteroatoms. The van der Waals surface area contributed by atoms with Gasteiger partial charge in [-0.15, -0.1) is 6.58 Å². The average Bonchev–Trinajstić information content (AvgIpc) is 2.51. The van der Waals surface area contributed by atoms with Gasteiger partial charge in [0.1, 0.15) is 0 Å². The molecule has 22 heavy (non-hydrogen) atoms. The number of nitro groups is 1. The molecular weight excluding hydrogens is 286 g/mol. The zero-order valence-electron chi connectivity index (χ0n) is 12.4. The molecule has 2 rings (SSSR count). The van der Waals surface area contributed by atoms with Gasteiger partial charge in [0.2, 0.25) is 5.75 Å². The first kappa shape index (κ1) is 16.3. The lowest BCUT2D eigenvalue weighted by molar-refractivity contribution is -0.386. The first-order chi connectivity index (χ1) is 10.5. The molecule has 1 saturated heterocycles. The molecule has 3 N–H and O–H groups in total. The van der Waals surface area contributed by atoms with Crippen LogP contribution >= 0.6 is 0 Å². The molecule has 0 saturated carbocycles. The van der Waals surface area contributed by atoms with Gasteiger partial charge in [-0.2, -0.15) is 0 Å². The lowest BCUT2D eigenvalue weighted by Gasteiger charge is -2.35. The quantitative estimate of drug-likeness (QED) is 0.321. The monoisotopic (exact) mass is 307 g/mol. The molecule has 0 aromatic heterocycles. The van der Waals surface area contributed by atoms with Gasteiger partial charge in [0.05, 0.1) is 4.92 Å². The van der Waals surface area contributed by atoms with Crippen LogP contribution in [0.3, 0.4) is 0 Å². The Morgan fingerprint density at radius 2 is 2.09 bits per heavy atom. The van der Waals surface area contributed by atoms with E-state index in [9.17, 15) is 20.3 Å². The van der Waals surface area contributed by atoms with Crippen LogP contribution in [0, 0.1) is 10.1 Å². The third kappa shape index (κ3) is 3.55. The first-order valence-corrected chi connectivity index (χ1v) is 7.30. The number of phenols is 2. The predicted molar refractivity (Wildman–Crippen MR) is 83.0 cm³/mol. The number of hydrogen-bond donors (Lipinski definition) is 3. The van der Waals surface area contributed by atoms with Gasteiger partial charge in [-0.25, -0.2) is 0 Å². The maximum absolute atomic E-state index is 11.0. The molecule has 1 aliphatic rings. The summed E-state index contributed by atoms with van der Waals surface area (Å²) in [4.78, 5) is 12.6. The number of nitro benzene ring substituents is 1. The van der Waals surface area contributed by atoms with Crippen LogP contribution in [0.1, 0.15) is 24.4 Å². The van der Waals surface area contributed by atoms with Crippen LogP contribution < -0.4 is 5.32 Å². The van der Waals surface area contributed by atoms with Crippen LogP contribution in [0.15, 0.2) is 24.8 Å². The summed E-state index contributed by atoms with van der Waals surface area (Å²) >= 11 is 0. The second-order valence-electron chi connectivity index (χ2n) is 5.33. The van der Waals surface area contributed by atoms with Gasteiger partial charge in [-0.05, 0) is 24.5 Å². The molecular formula is C15H21N3O4. The van der Waals surface area contributed by atoms with Gasteiger partial charge < -0.3 is 15.5 Å². The van der Waals surface area contributed by atoms with Crippen molar-refractivity contribution in [3.63, 3.8) is 0 Å². The highest BCUT2D eigenvalue weighted by Crippen LogP contribution is 2.40. The number of nitrogens with one attached hydrogen (secondary N) is 1. The zero-order chi connectivity index (χ0) is 16.1. The Hall–Kier alpha value is -2.12. The van der Waals surface area contributed by atoms with Crippen LogP contribution in [0.25, 0.3) is 0 Å². The van der Waals surface area contributed by atoms with E-state index in [2.05, 4.69) is 16.8 Å². The van der Waals surface area contributed by atoms with Crippen molar-refractivity contribution in [2.45, 2.75) is 18.9 Å². The second kappa shape index (κ2) is 7.24. The van der Waals surface area contributed by atoms with E-state index in [0.29, 0.717) is 5.56 Å². The van der Waals surface area contributed by atoms with Crippen molar-refractivity contribution >= 4 is 5.69 Å². The van der Waals surface area contributed by atoms with Crippen LogP contribution in [0.4, 0.5) is 5.69 Å². The van der Waals surface area contributed by atoms with Gasteiger partial charge in [-0.3, -0.25) is 15.0 Å². The molecule has 1 atom stereocenters. The van der Waals surface area contributed by atoms with Crippen molar-refractivity contribution < 1.29 is 15.1 Å². The predicted octanol–water partition coefficient (Wildman–Crippen LogP) is 1.92. The molecule has 1 fully saturated rings. The van der Waals surface area contributed by atoms with E-state index >= 15 is 0 Å². The first-order valence-electron chi connectivity index (χ1n) is 7.30. The van der Waals surface area contributed by atoms with E-state index in [0.717, 1.165) is 39.0 Å². The minimum absolute atomic E-state index is 0.0506. The number of aromatic hydroxyl groups is 2. The van der Waals surface area contributed by atoms with Gasteiger partial charge in [-0.1, -0.05) is 6.08 Å². The second-order valence-corrected chi connectivity index (χ2v) is 5.33. The fourth-order valence-corrected chi connectivity index (χ4v) is 2.79. The number of rotatable bonds is 6. The van der Waals surface area contributed by atoms with Crippen LogP contribution in [-0.4, -0.2) is 46.2 Å². The third-order valence-corrected chi connectivity index (χ3v) is 3.91. The highest BCUT2D eigenvalue weighted by Gasteiger charge is 2.26. The summed E-state index contributed by atoms with van der Waals surface area (Å²) < 4.78 is 0. The number of phenolic OH excluding ortho intramolecular Hbond substituents is 2. The summed E-state index contributed by atoms with van der Waals surface area (Å²) in [6, 6.07) is 2.72. The fourth-order valence-electron chi connectivity index (χ4n) is 2.79. The molecule has 0 bridgehead atoms. The van der Waals surface area contributed by atoms with Crippen molar-refractivity contribution in [3.05, 3.63) is 40.5 Å². The summed E-state index contributed by atoms with van der Waals surface area (Å²) in [6.45, 7) is 7.10. The standard InChI is InChI=1S/C15H21N3O4/c1-2-3-4-12(17-7-5-16-6-8-17)11-9-13(18(21)22)15(20)14(19)10-11/h2,9-10,12,16,19-20H,1,3-8H2/t12-/m0/s1. The molecule has 0 unspecified atom stereocenters. The Kier molecular flexibility index (Phi) is 5.35. The summed E-state index contributed by atoms with van der Waals surface area (Å²) in [7, 11) is 0. The normalized spacial score (nSPS) is 17.1. The maximum Gasteiger partial charge on any atom is 0.314 e. The van der Waals surface area contributed by atoms with Crippen LogP contribution in [0.5, 0.6) is 11.5 Å². The van der Waals surface area contributed by atoms with Crippen LogP contribution in [-0.2, 0) is 0 Å². The van der Waals surface area contributed by atoms with Crippen LogP contribution in [0.2, 0.25) is 0 Å². The molecule has 0 amide bonds. The summed E-state index contributed by atoms with van der Waals surface area (Å²) in [5.41, 5.74) is 0.180. The van der Waals surface area contributed by atoms with Crippen molar-refractivity contribution in [3.8, 4) is 11.5 Å². The third-order valence-electron chi connectivity index (χ3n) is 3.91. The van der Waals surface area contributed by atoms with E-state index in [4.69, 9.17) is 0 Å². The highest BCUT2D eigenvalue weighted by molar-refractivity contribution is 5.57. The highest BCUT2D eigenvalue weighted by atomic mass is 16.6. The molecule has 120 valence electrons. The molecule has 0 radical (unpaired) electrons. The molecule has 1 aromatic carbocycles. The molecule has 7 nitrogen and oxygen atoms in total. The molecule has 1 aliphatic heterocycles. The van der Waals surface area contributed by atoms with Crippen molar-refractivity contribution in [1.82, 2.24) is 10.2 Å². The largest absolute Gasteiger partial charge is 0.504 e. The van der Waals surface area contributed by atoms with Crippen molar-refractivity contribution in [1.29, 1.82) is 0 Å². The molecule has 1 heterocycles. The number of hydrogen-bond acceptors (Lipinski definition) is 6. The van der Waals surface area contributed by atoms with Gasteiger partial charge in [0, 0.05) is 38.3 Å². The summed E-state index contributed by atoms with van der Waals surface area (Å²) in [5.74, 6) is -1.14. The van der Waals surface area contributed by atoms with Crippen molar-refractivity contribution in [2.24, 2.45) is 0 Å². The van der Waals surface area contributed by atoms with Gasteiger partial charge in [0.25, 0.3) is 0 Å². The Morgan fingerprint density at radius 1 is 1.41 bits per heavy atom. The number of benzene rings is 1. The summed E-state index contributed by atoms with van der Waals surface area (Å²) in [6.07, 6.45) is 3.33. The minimum Gasteiger partial charge on any atom is -0.504 e. The SMILES string of the molecule is C=CCC[C@@H](c1cc(O)c(O)c([N+](=O)[O-])c1)N1CCNCC1. The van der Waals surface area contributed by atoms with Crippen molar-refractivity contribution in [2.75, 3.05) is 26.2 Å². The molecule has 0 spiro atoms. The zero-order valence-corrected chi connectivity index (χ0v) is 12.4. The lowest BCUT2D eigenvalue weighted by Crippen LogP contribution is -2.45. The molecule has 1 aromatic rings.